The van der Waals surface area contributed by atoms with E-state index in [1.165, 1.54) is 0 Å². The zero-order valence-electron chi connectivity index (χ0n) is 10.6. The van der Waals surface area contributed by atoms with E-state index >= 15 is 0 Å². The van der Waals surface area contributed by atoms with Gasteiger partial charge in [-0.15, -0.1) is 0 Å². The molecule has 0 spiro atoms. The number of hydrogen-bond donors (Lipinski definition) is 3. The van der Waals surface area contributed by atoms with E-state index < -0.39 is 30.2 Å². The SMILES string of the molecule is NC(=O)C[C@@H](NC(=O)COc1ccc(Br)cc1Br)C(=O)O. The normalized spacial score (nSPS) is 11.5. The summed E-state index contributed by atoms with van der Waals surface area (Å²) in [4.78, 5) is 33.2. The van der Waals surface area contributed by atoms with Crippen molar-refractivity contribution in [3.8, 4) is 5.75 Å². The highest BCUT2D eigenvalue weighted by molar-refractivity contribution is 9.11. The number of halogens is 2. The van der Waals surface area contributed by atoms with Crippen LogP contribution in [0.15, 0.2) is 27.1 Å². The first-order valence-electron chi connectivity index (χ1n) is 5.68. The largest absolute Gasteiger partial charge is 0.483 e. The van der Waals surface area contributed by atoms with E-state index in [-0.39, 0.29) is 6.61 Å². The molecule has 7 nitrogen and oxygen atoms in total. The van der Waals surface area contributed by atoms with E-state index in [1.807, 2.05) is 0 Å². The second-order valence-electron chi connectivity index (χ2n) is 3.99. The number of benzene rings is 1. The molecule has 0 aliphatic heterocycles. The molecule has 2 amide bonds. The number of amides is 2. The van der Waals surface area contributed by atoms with E-state index in [2.05, 4.69) is 37.2 Å². The minimum absolute atomic E-state index is 0.386. The van der Waals surface area contributed by atoms with Crippen LogP contribution in [0.1, 0.15) is 6.42 Å². The molecule has 1 atom stereocenters. The van der Waals surface area contributed by atoms with Gasteiger partial charge in [-0.1, -0.05) is 15.9 Å². The maximum Gasteiger partial charge on any atom is 0.326 e. The van der Waals surface area contributed by atoms with Gasteiger partial charge in [-0.3, -0.25) is 9.59 Å². The van der Waals surface area contributed by atoms with Crippen LogP contribution in [0.2, 0.25) is 0 Å². The average molecular weight is 424 g/mol. The number of carboxylic acids is 1. The Morgan fingerprint density at radius 3 is 2.52 bits per heavy atom. The topological polar surface area (TPSA) is 119 Å². The number of carbonyl (C=O) groups is 3. The molecule has 1 aromatic rings. The Morgan fingerprint density at radius 2 is 2.00 bits per heavy atom. The van der Waals surface area contributed by atoms with Gasteiger partial charge in [0.1, 0.15) is 11.8 Å². The van der Waals surface area contributed by atoms with Gasteiger partial charge in [0.05, 0.1) is 10.9 Å². The quantitative estimate of drug-likeness (QED) is 0.605. The summed E-state index contributed by atoms with van der Waals surface area (Å²) in [5, 5.41) is 11.0. The summed E-state index contributed by atoms with van der Waals surface area (Å²) in [7, 11) is 0. The molecule has 0 aliphatic rings. The van der Waals surface area contributed by atoms with Crippen LogP contribution >= 0.6 is 31.9 Å². The predicted molar refractivity (Wildman–Crippen MR) is 80.7 cm³/mol. The lowest BCUT2D eigenvalue weighted by molar-refractivity contribution is -0.143. The van der Waals surface area contributed by atoms with Gasteiger partial charge in [-0.25, -0.2) is 4.79 Å². The highest BCUT2D eigenvalue weighted by Crippen LogP contribution is 2.28. The third-order valence-corrected chi connectivity index (χ3v) is 3.40. The molecule has 0 saturated carbocycles. The number of aliphatic carboxylic acids is 1. The Bertz CT molecular complexity index is 565. The number of carboxylic acid groups (broad SMARTS) is 1. The van der Waals surface area contributed by atoms with Crippen LogP contribution in [0.3, 0.4) is 0 Å². The minimum Gasteiger partial charge on any atom is -0.483 e. The van der Waals surface area contributed by atoms with Crippen LogP contribution in [0.25, 0.3) is 0 Å². The Hall–Kier alpha value is -1.61. The Kier molecular flexibility index (Phi) is 6.63. The lowest BCUT2D eigenvalue weighted by atomic mass is 10.2. The van der Waals surface area contributed by atoms with Crippen molar-refractivity contribution >= 4 is 49.6 Å². The van der Waals surface area contributed by atoms with Gasteiger partial charge in [0.25, 0.3) is 5.91 Å². The molecular formula is C12H12Br2N2O5. The van der Waals surface area contributed by atoms with Gasteiger partial charge < -0.3 is 20.9 Å². The van der Waals surface area contributed by atoms with Crippen LogP contribution in [0.4, 0.5) is 0 Å². The molecule has 21 heavy (non-hydrogen) atoms. The number of hydrogen-bond acceptors (Lipinski definition) is 4. The standard InChI is InChI=1S/C12H12Br2N2O5/c13-6-1-2-9(7(14)3-6)21-5-11(18)16-8(12(19)20)4-10(15)17/h1-3,8H,4-5H2,(H2,15,17)(H,16,18)(H,19,20)/t8-/m1/s1. The first-order valence-corrected chi connectivity index (χ1v) is 7.26. The summed E-state index contributed by atoms with van der Waals surface area (Å²) >= 11 is 6.54. The number of ether oxygens (including phenoxy) is 1. The Labute approximate surface area is 137 Å². The van der Waals surface area contributed by atoms with Crippen LogP contribution in [-0.2, 0) is 14.4 Å². The van der Waals surface area contributed by atoms with E-state index in [4.69, 9.17) is 15.6 Å². The summed E-state index contributed by atoms with van der Waals surface area (Å²) in [5.74, 6) is -2.40. The molecule has 0 bridgehead atoms. The molecule has 0 aromatic heterocycles. The van der Waals surface area contributed by atoms with E-state index in [1.54, 1.807) is 18.2 Å². The minimum atomic E-state index is -1.37. The summed E-state index contributed by atoms with van der Waals surface area (Å²) in [5.41, 5.74) is 4.91. The molecule has 0 heterocycles. The third-order valence-electron chi connectivity index (χ3n) is 2.29. The fourth-order valence-electron chi connectivity index (χ4n) is 1.37. The van der Waals surface area contributed by atoms with Crippen LogP contribution < -0.4 is 15.8 Å². The molecule has 0 saturated heterocycles. The van der Waals surface area contributed by atoms with Crippen LogP contribution in [0.5, 0.6) is 5.75 Å². The van der Waals surface area contributed by atoms with Crippen molar-refractivity contribution in [2.24, 2.45) is 5.73 Å². The molecule has 0 fully saturated rings. The fourth-order valence-corrected chi connectivity index (χ4v) is 2.53. The molecule has 114 valence electrons. The number of nitrogens with one attached hydrogen (secondary N) is 1. The number of rotatable bonds is 7. The van der Waals surface area contributed by atoms with Gasteiger partial charge in [-0.2, -0.15) is 0 Å². The lowest BCUT2D eigenvalue weighted by Gasteiger charge is -2.13. The highest BCUT2D eigenvalue weighted by atomic mass is 79.9. The molecule has 9 heteroatoms. The summed E-state index contributed by atoms with van der Waals surface area (Å²) < 4.78 is 6.72. The van der Waals surface area contributed by atoms with E-state index in [0.29, 0.717) is 10.2 Å². The summed E-state index contributed by atoms with van der Waals surface area (Å²) in [6.45, 7) is -0.386. The first kappa shape index (κ1) is 17.4. The van der Waals surface area contributed by atoms with E-state index in [9.17, 15) is 14.4 Å². The maximum absolute atomic E-state index is 11.6. The van der Waals surface area contributed by atoms with Gasteiger partial charge in [0.2, 0.25) is 5.91 Å². The molecule has 0 unspecified atom stereocenters. The van der Waals surface area contributed by atoms with Gasteiger partial charge >= 0.3 is 5.97 Å². The Balaban J connectivity index is 2.56. The average Bonchev–Trinajstić information content (AvgIpc) is 2.36. The summed E-state index contributed by atoms with van der Waals surface area (Å²) in [6, 6.07) is 3.73. The Morgan fingerprint density at radius 1 is 1.33 bits per heavy atom. The molecule has 1 aromatic carbocycles. The molecular weight excluding hydrogens is 412 g/mol. The maximum atomic E-state index is 11.6. The second kappa shape index (κ2) is 7.99. The van der Waals surface area contributed by atoms with Gasteiger partial charge in [0, 0.05) is 4.47 Å². The van der Waals surface area contributed by atoms with Crippen molar-refractivity contribution in [2.45, 2.75) is 12.5 Å². The van der Waals surface area contributed by atoms with Crippen molar-refractivity contribution in [3.63, 3.8) is 0 Å². The zero-order valence-corrected chi connectivity index (χ0v) is 13.8. The molecule has 1 rings (SSSR count). The van der Waals surface area contributed by atoms with Crippen molar-refractivity contribution < 1.29 is 24.2 Å². The fraction of sp³-hybridized carbons (Fsp3) is 0.250. The highest BCUT2D eigenvalue weighted by Gasteiger charge is 2.22. The van der Waals surface area contributed by atoms with Gasteiger partial charge in [-0.05, 0) is 34.1 Å². The van der Waals surface area contributed by atoms with Crippen LogP contribution in [-0.4, -0.2) is 35.5 Å². The smallest absolute Gasteiger partial charge is 0.326 e. The van der Waals surface area contributed by atoms with E-state index in [0.717, 1.165) is 4.47 Å². The first-order chi connectivity index (χ1) is 9.79. The predicted octanol–water partition coefficient (Wildman–Crippen LogP) is 1.04. The molecule has 0 aliphatic carbocycles. The van der Waals surface area contributed by atoms with Gasteiger partial charge in [0.15, 0.2) is 6.61 Å². The number of nitrogens with two attached hydrogens (primary N) is 1. The zero-order chi connectivity index (χ0) is 16.0. The second-order valence-corrected chi connectivity index (χ2v) is 5.76. The number of primary amides is 1. The van der Waals surface area contributed by atoms with Crippen molar-refractivity contribution in [1.29, 1.82) is 0 Å². The number of carbonyl (C=O) groups excluding carboxylic acids is 2. The summed E-state index contributed by atoms with van der Waals surface area (Å²) in [6.07, 6.45) is -0.483. The van der Waals surface area contributed by atoms with Crippen molar-refractivity contribution in [3.05, 3.63) is 27.1 Å². The molecule has 4 N–H and O–H groups in total. The van der Waals surface area contributed by atoms with Crippen molar-refractivity contribution in [2.75, 3.05) is 6.61 Å². The monoisotopic (exact) mass is 422 g/mol. The van der Waals surface area contributed by atoms with Crippen molar-refractivity contribution in [1.82, 2.24) is 5.32 Å². The lowest BCUT2D eigenvalue weighted by Crippen LogP contribution is -2.45. The van der Waals surface area contributed by atoms with Crippen LogP contribution in [0, 0.1) is 0 Å². The third kappa shape index (κ3) is 6.13. The molecule has 0 radical (unpaired) electrons.